The van der Waals surface area contributed by atoms with Crippen LogP contribution in [0.2, 0.25) is 0 Å². The highest BCUT2D eigenvalue weighted by Gasteiger charge is 2.03. The van der Waals surface area contributed by atoms with Crippen molar-refractivity contribution < 1.29 is 4.74 Å². The highest BCUT2D eigenvalue weighted by molar-refractivity contribution is 9.10. The van der Waals surface area contributed by atoms with E-state index in [-0.39, 0.29) is 0 Å². The van der Waals surface area contributed by atoms with Gasteiger partial charge >= 0.3 is 0 Å². The molecule has 0 atom stereocenters. The van der Waals surface area contributed by atoms with Crippen LogP contribution in [-0.2, 0) is 6.61 Å². The average molecular weight is 321 g/mol. The van der Waals surface area contributed by atoms with Crippen molar-refractivity contribution >= 4 is 21.7 Å². The van der Waals surface area contributed by atoms with Gasteiger partial charge in [0.25, 0.3) is 0 Å². The van der Waals surface area contributed by atoms with Crippen LogP contribution >= 0.6 is 15.9 Å². The van der Waals surface area contributed by atoms with Gasteiger partial charge in [-0.2, -0.15) is 0 Å². The lowest BCUT2D eigenvalue weighted by Crippen LogP contribution is -2.07. The normalized spacial score (nSPS) is 10.2. The molecule has 100 valence electrons. The number of rotatable bonds is 6. The Morgan fingerprint density at radius 1 is 1.26 bits per heavy atom. The van der Waals surface area contributed by atoms with Crippen LogP contribution in [0.4, 0.5) is 5.82 Å². The molecular formula is C15H17BrN2O. The Labute approximate surface area is 122 Å². The van der Waals surface area contributed by atoms with E-state index in [4.69, 9.17) is 4.74 Å². The maximum Gasteiger partial charge on any atom is 0.132 e. The van der Waals surface area contributed by atoms with Crippen molar-refractivity contribution in [3.63, 3.8) is 0 Å². The predicted molar refractivity (Wildman–Crippen MR) is 81.5 cm³/mol. The number of halogens is 1. The van der Waals surface area contributed by atoms with Crippen molar-refractivity contribution in [3.05, 3.63) is 52.6 Å². The maximum atomic E-state index is 5.78. The van der Waals surface area contributed by atoms with E-state index in [2.05, 4.69) is 33.2 Å². The van der Waals surface area contributed by atoms with Gasteiger partial charge in [-0.1, -0.05) is 35.0 Å². The zero-order chi connectivity index (χ0) is 13.5. The molecule has 0 amide bonds. The summed E-state index contributed by atoms with van der Waals surface area (Å²) in [6.45, 7) is 3.56. The Balaban J connectivity index is 2.02. The van der Waals surface area contributed by atoms with E-state index in [0.29, 0.717) is 6.61 Å². The van der Waals surface area contributed by atoms with E-state index < -0.39 is 0 Å². The molecule has 1 aromatic carbocycles. The quantitative estimate of drug-likeness (QED) is 0.864. The van der Waals surface area contributed by atoms with Crippen molar-refractivity contribution in [1.82, 2.24) is 4.98 Å². The minimum Gasteiger partial charge on any atom is -0.489 e. The zero-order valence-electron chi connectivity index (χ0n) is 10.9. The molecule has 3 nitrogen and oxygen atoms in total. The fourth-order valence-corrected chi connectivity index (χ4v) is 2.05. The fraction of sp³-hybridized carbons (Fsp3) is 0.267. The maximum absolute atomic E-state index is 5.78. The highest BCUT2D eigenvalue weighted by atomic mass is 79.9. The molecule has 1 heterocycles. The van der Waals surface area contributed by atoms with Crippen LogP contribution < -0.4 is 10.1 Å². The summed E-state index contributed by atoms with van der Waals surface area (Å²) in [6, 6.07) is 11.8. The lowest BCUT2D eigenvalue weighted by Gasteiger charge is -2.11. The number of anilines is 1. The molecule has 1 N–H and O–H groups in total. The smallest absolute Gasteiger partial charge is 0.132 e. The lowest BCUT2D eigenvalue weighted by molar-refractivity contribution is 0.306. The van der Waals surface area contributed by atoms with E-state index in [1.54, 1.807) is 6.20 Å². The second-order valence-corrected chi connectivity index (χ2v) is 5.10. The monoisotopic (exact) mass is 320 g/mol. The minimum absolute atomic E-state index is 0.510. The number of pyridine rings is 1. The van der Waals surface area contributed by atoms with Gasteiger partial charge in [0.05, 0.1) is 0 Å². The molecule has 0 aliphatic heterocycles. The van der Waals surface area contributed by atoms with E-state index >= 15 is 0 Å². The van der Waals surface area contributed by atoms with Gasteiger partial charge in [0.2, 0.25) is 0 Å². The molecule has 0 fully saturated rings. The summed E-state index contributed by atoms with van der Waals surface area (Å²) in [5, 5.41) is 3.31. The van der Waals surface area contributed by atoms with Gasteiger partial charge in [-0.15, -0.1) is 0 Å². The number of benzene rings is 1. The van der Waals surface area contributed by atoms with Gasteiger partial charge in [-0.3, -0.25) is 0 Å². The van der Waals surface area contributed by atoms with Crippen LogP contribution in [0.15, 0.2) is 47.1 Å². The van der Waals surface area contributed by atoms with E-state index in [1.165, 1.54) is 0 Å². The third kappa shape index (κ3) is 4.24. The zero-order valence-corrected chi connectivity index (χ0v) is 12.5. The Hall–Kier alpha value is -1.55. The first-order valence-electron chi connectivity index (χ1n) is 6.35. The number of aromatic nitrogens is 1. The summed E-state index contributed by atoms with van der Waals surface area (Å²) in [5.74, 6) is 1.75. The second kappa shape index (κ2) is 7.14. The van der Waals surface area contributed by atoms with Crippen LogP contribution in [0.1, 0.15) is 18.9 Å². The number of hydrogen-bond donors (Lipinski definition) is 1. The molecule has 2 aromatic rings. The third-order valence-electron chi connectivity index (χ3n) is 2.62. The van der Waals surface area contributed by atoms with Crippen molar-refractivity contribution in [3.8, 4) is 5.75 Å². The van der Waals surface area contributed by atoms with Crippen LogP contribution in [-0.4, -0.2) is 11.5 Å². The van der Waals surface area contributed by atoms with E-state index in [9.17, 15) is 0 Å². The number of nitrogens with one attached hydrogen (secondary N) is 1. The Kier molecular flexibility index (Phi) is 5.21. The average Bonchev–Trinajstić information content (AvgIpc) is 2.44. The van der Waals surface area contributed by atoms with Crippen LogP contribution in [0, 0.1) is 0 Å². The summed E-state index contributed by atoms with van der Waals surface area (Å²) in [7, 11) is 0. The molecule has 0 saturated carbocycles. The molecule has 0 unspecified atom stereocenters. The molecule has 2 rings (SSSR count). The molecule has 0 spiro atoms. The van der Waals surface area contributed by atoms with E-state index in [0.717, 1.165) is 34.6 Å². The van der Waals surface area contributed by atoms with Crippen LogP contribution in [0.5, 0.6) is 5.75 Å². The molecule has 0 aliphatic rings. The Morgan fingerprint density at radius 2 is 2.16 bits per heavy atom. The second-order valence-electron chi connectivity index (χ2n) is 4.18. The summed E-state index contributed by atoms with van der Waals surface area (Å²) in [5.41, 5.74) is 1.07. The SMILES string of the molecule is CCCNc1ncccc1COc1cccc(Br)c1. The van der Waals surface area contributed by atoms with E-state index in [1.807, 2.05) is 36.4 Å². The molecule has 0 aliphatic carbocycles. The van der Waals surface area contributed by atoms with Gasteiger partial charge in [0.1, 0.15) is 18.2 Å². The van der Waals surface area contributed by atoms with Gasteiger partial charge < -0.3 is 10.1 Å². The highest BCUT2D eigenvalue weighted by Crippen LogP contribution is 2.20. The van der Waals surface area contributed by atoms with Gasteiger partial charge in [-0.05, 0) is 30.7 Å². The topological polar surface area (TPSA) is 34.2 Å². The van der Waals surface area contributed by atoms with Crippen molar-refractivity contribution in [1.29, 1.82) is 0 Å². The fourth-order valence-electron chi connectivity index (χ4n) is 1.68. The summed E-state index contributed by atoms with van der Waals surface area (Å²) >= 11 is 3.43. The Morgan fingerprint density at radius 3 is 2.95 bits per heavy atom. The molecule has 4 heteroatoms. The largest absolute Gasteiger partial charge is 0.489 e. The lowest BCUT2D eigenvalue weighted by atomic mass is 10.2. The third-order valence-corrected chi connectivity index (χ3v) is 3.12. The van der Waals surface area contributed by atoms with Gasteiger partial charge in [-0.25, -0.2) is 4.98 Å². The summed E-state index contributed by atoms with van der Waals surface area (Å²) < 4.78 is 6.80. The number of ether oxygens (including phenoxy) is 1. The molecule has 19 heavy (non-hydrogen) atoms. The summed E-state index contributed by atoms with van der Waals surface area (Å²) in [4.78, 5) is 4.35. The first-order chi connectivity index (χ1) is 9.29. The number of hydrogen-bond acceptors (Lipinski definition) is 3. The standard InChI is InChI=1S/C15H17BrN2O/c1-2-8-17-15-12(5-4-9-18-15)11-19-14-7-3-6-13(16)10-14/h3-7,9-10H,2,8,11H2,1H3,(H,17,18). The molecule has 0 radical (unpaired) electrons. The predicted octanol–water partition coefficient (Wildman–Crippen LogP) is 4.25. The molecule has 0 bridgehead atoms. The van der Waals surface area contributed by atoms with Crippen molar-refractivity contribution in [2.75, 3.05) is 11.9 Å². The van der Waals surface area contributed by atoms with Crippen LogP contribution in [0.25, 0.3) is 0 Å². The van der Waals surface area contributed by atoms with Gasteiger partial charge in [0.15, 0.2) is 0 Å². The first-order valence-corrected chi connectivity index (χ1v) is 7.15. The minimum atomic E-state index is 0.510. The van der Waals surface area contributed by atoms with Crippen molar-refractivity contribution in [2.24, 2.45) is 0 Å². The van der Waals surface area contributed by atoms with Crippen molar-refractivity contribution in [2.45, 2.75) is 20.0 Å². The first kappa shape index (κ1) is 13.9. The van der Waals surface area contributed by atoms with Gasteiger partial charge in [0, 0.05) is 22.8 Å². The molecule has 0 saturated heterocycles. The summed E-state index contributed by atoms with van der Waals surface area (Å²) in [6.07, 6.45) is 2.86. The Bertz CT molecular complexity index is 531. The molecule has 1 aromatic heterocycles. The number of nitrogens with zero attached hydrogens (tertiary/aromatic N) is 1. The van der Waals surface area contributed by atoms with Crippen LogP contribution in [0.3, 0.4) is 0 Å². The molecular weight excluding hydrogens is 304 g/mol.